The van der Waals surface area contributed by atoms with Gasteiger partial charge in [-0.15, -0.1) is 0 Å². The van der Waals surface area contributed by atoms with Gasteiger partial charge < -0.3 is 5.11 Å². The van der Waals surface area contributed by atoms with Gasteiger partial charge in [0.05, 0.1) is 5.56 Å². The number of carboxylic acids is 1. The molecule has 0 saturated carbocycles. The average Bonchev–Trinajstić information content (AvgIpc) is 2.26. The van der Waals surface area contributed by atoms with Crippen LogP contribution in [0.3, 0.4) is 0 Å². The van der Waals surface area contributed by atoms with Crippen LogP contribution in [0.1, 0.15) is 10.4 Å². The highest BCUT2D eigenvalue weighted by Gasteiger charge is 2.20. The minimum Gasteiger partial charge on any atom is -0.478 e. The first kappa shape index (κ1) is 11.6. The fourth-order valence-corrected chi connectivity index (χ4v) is 2.30. The minimum atomic E-state index is -4.55. The number of aromatic carboxylic acids is 1. The molecule has 2 aromatic carbocycles. The zero-order valence-electron chi connectivity index (χ0n) is 8.49. The van der Waals surface area contributed by atoms with Gasteiger partial charge in [0.25, 0.3) is 10.1 Å². The van der Waals surface area contributed by atoms with Crippen LogP contribution in [0.5, 0.6) is 0 Å². The predicted octanol–water partition coefficient (Wildman–Crippen LogP) is 1.78. The predicted molar refractivity (Wildman–Crippen MR) is 60.7 cm³/mol. The Labute approximate surface area is 97.1 Å². The number of hydrogen-bond donors (Lipinski definition) is 2. The Balaban J connectivity index is 2.90. The Morgan fingerprint density at radius 3 is 2.06 bits per heavy atom. The first-order chi connectivity index (χ1) is 7.89. The lowest BCUT2D eigenvalue weighted by atomic mass is 10.1. The molecule has 0 aliphatic heterocycles. The summed E-state index contributed by atoms with van der Waals surface area (Å²) >= 11 is 0. The highest BCUT2D eigenvalue weighted by atomic mass is 32.2. The standard InChI is InChI=1S/C11H8O5S/c12-11(13)9-5-7-3-1-2-4-8(7)6-10(9)17(14,15)16/h1-6H,(H,12,13)(H,14,15,16). The molecular weight excluding hydrogens is 244 g/mol. The molecule has 0 spiro atoms. The van der Waals surface area contributed by atoms with Gasteiger partial charge in [-0.25, -0.2) is 4.79 Å². The topological polar surface area (TPSA) is 91.7 Å². The lowest BCUT2D eigenvalue weighted by Gasteiger charge is -2.05. The van der Waals surface area contributed by atoms with Crippen molar-refractivity contribution in [3.8, 4) is 0 Å². The Morgan fingerprint density at radius 1 is 1.06 bits per heavy atom. The van der Waals surface area contributed by atoms with Crippen LogP contribution in [0, 0.1) is 0 Å². The van der Waals surface area contributed by atoms with Crippen LogP contribution < -0.4 is 0 Å². The van der Waals surface area contributed by atoms with Crippen molar-refractivity contribution in [1.82, 2.24) is 0 Å². The van der Waals surface area contributed by atoms with E-state index in [1.807, 2.05) is 0 Å². The van der Waals surface area contributed by atoms with E-state index in [-0.39, 0.29) is 0 Å². The Kier molecular flexibility index (Phi) is 2.60. The second-order valence-electron chi connectivity index (χ2n) is 3.48. The Morgan fingerprint density at radius 2 is 1.59 bits per heavy atom. The summed E-state index contributed by atoms with van der Waals surface area (Å²) in [5.41, 5.74) is -0.439. The van der Waals surface area contributed by atoms with Gasteiger partial charge in [-0.05, 0) is 22.9 Å². The summed E-state index contributed by atoms with van der Waals surface area (Å²) in [5.74, 6) is -1.40. The summed E-state index contributed by atoms with van der Waals surface area (Å²) in [6.45, 7) is 0. The third-order valence-corrected chi connectivity index (χ3v) is 3.25. The van der Waals surface area contributed by atoms with E-state index in [0.29, 0.717) is 10.8 Å². The monoisotopic (exact) mass is 252 g/mol. The molecule has 2 N–H and O–H groups in total. The molecule has 17 heavy (non-hydrogen) atoms. The zero-order chi connectivity index (χ0) is 12.6. The molecule has 0 aromatic heterocycles. The van der Waals surface area contributed by atoms with Crippen molar-refractivity contribution in [3.63, 3.8) is 0 Å². The molecule has 0 fully saturated rings. The van der Waals surface area contributed by atoms with Crippen LogP contribution in [-0.2, 0) is 10.1 Å². The van der Waals surface area contributed by atoms with Gasteiger partial charge in [-0.3, -0.25) is 4.55 Å². The van der Waals surface area contributed by atoms with Gasteiger partial charge in [0.15, 0.2) is 0 Å². The normalized spacial score (nSPS) is 11.6. The number of hydrogen-bond acceptors (Lipinski definition) is 3. The molecule has 0 aliphatic carbocycles. The fourth-order valence-electron chi connectivity index (χ4n) is 1.60. The van der Waals surface area contributed by atoms with E-state index in [1.54, 1.807) is 24.3 Å². The Hall–Kier alpha value is -1.92. The van der Waals surface area contributed by atoms with Crippen LogP contribution in [0.25, 0.3) is 10.8 Å². The van der Waals surface area contributed by atoms with E-state index >= 15 is 0 Å². The van der Waals surface area contributed by atoms with Crippen molar-refractivity contribution in [2.24, 2.45) is 0 Å². The fraction of sp³-hybridized carbons (Fsp3) is 0. The van der Waals surface area contributed by atoms with Crippen molar-refractivity contribution in [2.75, 3.05) is 0 Å². The van der Waals surface area contributed by atoms with E-state index in [1.165, 1.54) is 6.07 Å². The molecule has 0 heterocycles. The summed E-state index contributed by atoms with van der Waals surface area (Å²) in [7, 11) is -4.55. The van der Waals surface area contributed by atoms with E-state index < -0.39 is 26.5 Å². The SMILES string of the molecule is O=C(O)c1cc2ccccc2cc1S(=O)(=O)O. The number of carboxylic acid groups (broad SMARTS) is 1. The van der Waals surface area contributed by atoms with Crippen molar-refractivity contribution < 1.29 is 22.9 Å². The highest BCUT2D eigenvalue weighted by molar-refractivity contribution is 7.86. The number of rotatable bonds is 2. The average molecular weight is 252 g/mol. The van der Waals surface area contributed by atoms with Gasteiger partial charge in [-0.1, -0.05) is 24.3 Å². The molecular formula is C11H8O5S. The third kappa shape index (κ3) is 2.13. The third-order valence-electron chi connectivity index (χ3n) is 2.36. The molecule has 6 heteroatoms. The van der Waals surface area contributed by atoms with Crippen LogP contribution >= 0.6 is 0 Å². The molecule has 0 saturated heterocycles. The number of benzene rings is 2. The summed E-state index contributed by atoms with van der Waals surface area (Å²) in [6, 6.07) is 9.07. The summed E-state index contributed by atoms with van der Waals surface area (Å²) in [5, 5.41) is 10.1. The molecule has 88 valence electrons. The molecule has 0 unspecified atom stereocenters. The van der Waals surface area contributed by atoms with Crippen molar-refractivity contribution in [2.45, 2.75) is 4.90 Å². The molecule has 2 rings (SSSR count). The molecule has 0 bridgehead atoms. The van der Waals surface area contributed by atoms with Gasteiger partial charge in [0, 0.05) is 0 Å². The Bertz CT molecular complexity index is 703. The molecule has 0 atom stereocenters. The van der Waals surface area contributed by atoms with E-state index in [4.69, 9.17) is 9.66 Å². The molecule has 2 aromatic rings. The van der Waals surface area contributed by atoms with Crippen LogP contribution in [-0.4, -0.2) is 24.0 Å². The molecule has 5 nitrogen and oxygen atoms in total. The van der Waals surface area contributed by atoms with Crippen LogP contribution in [0.15, 0.2) is 41.3 Å². The van der Waals surface area contributed by atoms with E-state index in [0.717, 1.165) is 6.07 Å². The molecule has 0 radical (unpaired) electrons. The van der Waals surface area contributed by atoms with Gasteiger partial charge in [-0.2, -0.15) is 8.42 Å². The largest absolute Gasteiger partial charge is 0.478 e. The maximum atomic E-state index is 11.1. The minimum absolute atomic E-state index is 0.439. The van der Waals surface area contributed by atoms with Crippen LogP contribution in [0.2, 0.25) is 0 Å². The smallest absolute Gasteiger partial charge is 0.337 e. The maximum absolute atomic E-state index is 11.1. The first-order valence-electron chi connectivity index (χ1n) is 4.63. The van der Waals surface area contributed by atoms with Crippen molar-refractivity contribution >= 4 is 26.9 Å². The number of carbonyl (C=O) groups is 1. The van der Waals surface area contributed by atoms with Crippen molar-refractivity contribution in [1.29, 1.82) is 0 Å². The molecule has 0 aliphatic rings. The second-order valence-corrected chi connectivity index (χ2v) is 4.87. The van der Waals surface area contributed by atoms with Gasteiger partial charge in [0.1, 0.15) is 4.90 Å². The van der Waals surface area contributed by atoms with Crippen LogP contribution in [0.4, 0.5) is 0 Å². The van der Waals surface area contributed by atoms with Gasteiger partial charge in [0.2, 0.25) is 0 Å². The lowest BCUT2D eigenvalue weighted by molar-refractivity contribution is 0.0692. The molecule has 0 amide bonds. The maximum Gasteiger partial charge on any atom is 0.337 e. The van der Waals surface area contributed by atoms with E-state index in [2.05, 4.69) is 0 Å². The lowest BCUT2D eigenvalue weighted by Crippen LogP contribution is -2.08. The summed E-state index contributed by atoms with van der Waals surface area (Å²) in [6.07, 6.45) is 0. The highest BCUT2D eigenvalue weighted by Crippen LogP contribution is 2.23. The zero-order valence-corrected chi connectivity index (χ0v) is 9.31. The van der Waals surface area contributed by atoms with E-state index in [9.17, 15) is 13.2 Å². The summed E-state index contributed by atoms with van der Waals surface area (Å²) in [4.78, 5) is 10.3. The summed E-state index contributed by atoms with van der Waals surface area (Å²) < 4.78 is 31.2. The second kappa shape index (κ2) is 3.83. The quantitative estimate of drug-likeness (QED) is 0.795. The number of fused-ring (bicyclic) bond motifs is 1. The van der Waals surface area contributed by atoms with Gasteiger partial charge >= 0.3 is 5.97 Å². The van der Waals surface area contributed by atoms with Crippen molar-refractivity contribution in [3.05, 3.63) is 42.0 Å². The first-order valence-corrected chi connectivity index (χ1v) is 6.07.